The second-order valence-electron chi connectivity index (χ2n) is 4.23. The van der Waals surface area contributed by atoms with Gasteiger partial charge in [0.25, 0.3) is 0 Å². The van der Waals surface area contributed by atoms with Crippen molar-refractivity contribution in [3.63, 3.8) is 0 Å². The van der Waals surface area contributed by atoms with Gasteiger partial charge in [0.1, 0.15) is 5.82 Å². The lowest BCUT2D eigenvalue weighted by molar-refractivity contribution is 0.614. The van der Waals surface area contributed by atoms with E-state index in [-0.39, 0.29) is 11.9 Å². The number of pyridine rings is 1. The van der Waals surface area contributed by atoms with Crippen LogP contribution in [0.3, 0.4) is 0 Å². The number of anilines is 1. The summed E-state index contributed by atoms with van der Waals surface area (Å²) >= 11 is 6.04. The number of nitrogens with zero attached hydrogens (tertiary/aromatic N) is 1. The van der Waals surface area contributed by atoms with Crippen LogP contribution in [0.2, 0.25) is 5.02 Å². The molecular weight excluding hydrogens is 251 g/mol. The second kappa shape index (κ2) is 5.36. The maximum atomic E-state index is 13.5. The molecule has 18 heavy (non-hydrogen) atoms. The zero-order valence-electron chi connectivity index (χ0n) is 10.2. The Balaban J connectivity index is 2.19. The van der Waals surface area contributed by atoms with Crippen LogP contribution in [0.4, 0.5) is 10.1 Å². The number of rotatable bonds is 3. The summed E-state index contributed by atoms with van der Waals surface area (Å²) in [5, 5.41) is 3.81. The molecule has 0 spiro atoms. The fourth-order valence-electron chi connectivity index (χ4n) is 1.68. The van der Waals surface area contributed by atoms with E-state index in [1.807, 2.05) is 13.0 Å². The van der Waals surface area contributed by atoms with Crippen LogP contribution in [0.15, 0.2) is 36.7 Å². The van der Waals surface area contributed by atoms with Crippen molar-refractivity contribution in [3.05, 3.63) is 58.6 Å². The molecule has 0 amide bonds. The van der Waals surface area contributed by atoms with Crippen LogP contribution in [0.5, 0.6) is 0 Å². The van der Waals surface area contributed by atoms with E-state index in [1.54, 1.807) is 31.5 Å². The lowest BCUT2D eigenvalue weighted by Gasteiger charge is -2.16. The Labute approximate surface area is 111 Å². The maximum absolute atomic E-state index is 13.5. The summed E-state index contributed by atoms with van der Waals surface area (Å²) in [5.41, 5.74) is 2.26. The van der Waals surface area contributed by atoms with Crippen molar-refractivity contribution in [2.75, 3.05) is 5.32 Å². The molecule has 94 valence electrons. The minimum absolute atomic E-state index is 0.0400. The van der Waals surface area contributed by atoms with E-state index in [0.717, 1.165) is 11.3 Å². The smallest absolute Gasteiger partial charge is 0.126 e. The number of halogens is 2. The molecule has 1 aromatic heterocycles. The van der Waals surface area contributed by atoms with Crippen LogP contribution in [-0.4, -0.2) is 4.98 Å². The number of aromatic nitrogens is 1. The summed E-state index contributed by atoms with van der Waals surface area (Å²) in [4.78, 5) is 4.00. The summed E-state index contributed by atoms with van der Waals surface area (Å²) in [5.74, 6) is -0.196. The predicted molar refractivity (Wildman–Crippen MR) is 72.4 cm³/mol. The van der Waals surface area contributed by atoms with E-state index in [9.17, 15) is 4.39 Å². The van der Waals surface area contributed by atoms with Crippen molar-refractivity contribution in [1.29, 1.82) is 0 Å². The first-order chi connectivity index (χ1) is 8.58. The average Bonchev–Trinajstić information content (AvgIpc) is 2.35. The number of benzene rings is 1. The second-order valence-corrected chi connectivity index (χ2v) is 4.64. The largest absolute Gasteiger partial charge is 0.376 e. The van der Waals surface area contributed by atoms with Gasteiger partial charge in [-0.1, -0.05) is 23.7 Å². The molecule has 1 unspecified atom stereocenters. The number of nitrogens with one attached hydrogen (secondary N) is 1. The van der Waals surface area contributed by atoms with E-state index in [1.165, 1.54) is 6.07 Å². The van der Waals surface area contributed by atoms with E-state index in [0.29, 0.717) is 10.6 Å². The molecule has 0 aliphatic rings. The lowest BCUT2D eigenvalue weighted by atomic mass is 10.1. The first-order valence-corrected chi connectivity index (χ1v) is 6.08. The molecular formula is C14H14ClFN2. The van der Waals surface area contributed by atoms with Crippen molar-refractivity contribution < 1.29 is 4.39 Å². The van der Waals surface area contributed by atoms with Gasteiger partial charge >= 0.3 is 0 Å². The third kappa shape index (κ3) is 2.79. The molecule has 4 heteroatoms. The molecule has 1 aromatic carbocycles. The first kappa shape index (κ1) is 12.8. The molecule has 0 fully saturated rings. The van der Waals surface area contributed by atoms with Gasteiger partial charge in [0, 0.05) is 12.2 Å². The third-order valence-electron chi connectivity index (χ3n) is 2.84. The predicted octanol–water partition coefficient (Wildman–Crippen LogP) is 4.36. The Morgan fingerprint density at radius 1 is 1.33 bits per heavy atom. The van der Waals surface area contributed by atoms with Crippen LogP contribution in [0.25, 0.3) is 0 Å². The number of hydrogen-bond donors (Lipinski definition) is 1. The van der Waals surface area contributed by atoms with E-state index >= 15 is 0 Å². The quantitative estimate of drug-likeness (QED) is 0.891. The summed E-state index contributed by atoms with van der Waals surface area (Å²) in [6.45, 7) is 3.70. The Hall–Kier alpha value is -1.61. The topological polar surface area (TPSA) is 24.9 Å². The standard InChI is InChI=1S/C14H14ClFN2/c1-9-3-4-11(7-13(9)16)10(2)18-14-8-17-6-5-12(14)15/h3-8,10,18H,1-2H3. The van der Waals surface area contributed by atoms with Gasteiger partial charge in [-0.2, -0.15) is 0 Å². The molecule has 2 nitrogen and oxygen atoms in total. The highest BCUT2D eigenvalue weighted by Crippen LogP contribution is 2.25. The van der Waals surface area contributed by atoms with Gasteiger partial charge in [0.2, 0.25) is 0 Å². The average molecular weight is 265 g/mol. The van der Waals surface area contributed by atoms with Crippen molar-refractivity contribution in [2.24, 2.45) is 0 Å². The van der Waals surface area contributed by atoms with Gasteiger partial charge < -0.3 is 5.32 Å². The normalized spacial score (nSPS) is 12.2. The van der Waals surface area contributed by atoms with Gasteiger partial charge in [-0.3, -0.25) is 4.98 Å². The molecule has 0 radical (unpaired) electrons. The Bertz CT molecular complexity index is 557. The summed E-state index contributed by atoms with van der Waals surface area (Å²) in [6, 6.07) is 6.89. The zero-order valence-corrected chi connectivity index (χ0v) is 11.0. The van der Waals surface area contributed by atoms with Crippen LogP contribution >= 0.6 is 11.6 Å². The first-order valence-electron chi connectivity index (χ1n) is 5.70. The SMILES string of the molecule is Cc1ccc(C(C)Nc2cnccc2Cl)cc1F. The van der Waals surface area contributed by atoms with Gasteiger partial charge in [0.05, 0.1) is 16.9 Å². The molecule has 0 aliphatic carbocycles. The number of hydrogen-bond acceptors (Lipinski definition) is 2. The van der Waals surface area contributed by atoms with Gasteiger partial charge in [0.15, 0.2) is 0 Å². The van der Waals surface area contributed by atoms with Crippen LogP contribution in [0, 0.1) is 12.7 Å². The fourth-order valence-corrected chi connectivity index (χ4v) is 1.84. The molecule has 1 heterocycles. The van der Waals surface area contributed by atoms with Crippen molar-refractivity contribution in [3.8, 4) is 0 Å². The minimum Gasteiger partial charge on any atom is -0.376 e. The van der Waals surface area contributed by atoms with Crippen molar-refractivity contribution in [2.45, 2.75) is 19.9 Å². The molecule has 0 bridgehead atoms. The lowest BCUT2D eigenvalue weighted by Crippen LogP contribution is -2.07. The van der Waals surface area contributed by atoms with Crippen molar-refractivity contribution in [1.82, 2.24) is 4.98 Å². The summed E-state index contributed by atoms with van der Waals surface area (Å²) < 4.78 is 13.5. The van der Waals surface area contributed by atoms with Crippen LogP contribution < -0.4 is 5.32 Å². The van der Waals surface area contributed by atoms with Gasteiger partial charge in [-0.25, -0.2) is 4.39 Å². The third-order valence-corrected chi connectivity index (χ3v) is 3.17. The molecule has 1 N–H and O–H groups in total. The van der Waals surface area contributed by atoms with E-state index < -0.39 is 0 Å². The fraction of sp³-hybridized carbons (Fsp3) is 0.214. The monoisotopic (exact) mass is 264 g/mol. The summed E-state index contributed by atoms with van der Waals surface area (Å²) in [7, 11) is 0. The highest BCUT2D eigenvalue weighted by molar-refractivity contribution is 6.33. The van der Waals surface area contributed by atoms with Crippen molar-refractivity contribution >= 4 is 17.3 Å². The highest BCUT2D eigenvalue weighted by atomic mass is 35.5. The molecule has 0 aliphatic heterocycles. The summed E-state index contributed by atoms with van der Waals surface area (Å²) in [6.07, 6.45) is 3.28. The minimum atomic E-state index is -0.196. The molecule has 1 atom stereocenters. The van der Waals surface area contributed by atoms with Crippen LogP contribution in [-0.2, 0) is 0 Å². The Morgan fingerprint density at radius 3 is 2.78 bits per heavy atom. The molecule has 0 saturated carbocycles. The zero-order chi connectivity index (χ0) is 13.1. The maximum Gasteiger partial charge on any atom is 0.126 e. The Morgan fingerprint density at radius 2 is 2.11 bits per heavy atom. The van der Waals surface area contributed by atoms with Crippen LogP contribution in [0.1, 0.15) is 24.1 Å². The highest BCUT2D eigenvalue weighted by Gasteiger charge is 2.09. The Kier molecular flexibility index (Phi) is 3.82. The molecule has 2 aromatic rings. The van der Waals surface area contributed by atoms with Gasteiger partial charge in [-0.15, -0.1) is 0 Å². The van der Waals surface area contributed by atoms with E-state index in [2.05, 4.69) is 10.3 Å². The molecule has 2 rings (SSSR count). The van der Waals surface area contributed by atoms with E-state index in [4.69, 9.17) is 11.6 Å². The van der Waals surface area contributed by atoms with Gasteiger partial charge in [-0.05, 0) is 37.1 Å². The molecule has 0 saturated heterocycles. The number of aryl methyl sites for hydroxylation is 1.